The fourth-order valence-electron chi connectivity index (χ4n) is 3.31. The van der Waals surface area contributed by atoms with Crippen LogP contribution in [0.4, 0.5) is 0 Å². The van der Waals surface area contributed by atoms with Crippen LogP contribution in [-0.4, -0.2) is 46.5 Å². The maximum absolute atomic E-state index is 13.5. The molecule has 0 fully saturated rings. The topological polar surface area (TPSA) is 134 Å². The first kappa shape index (κ1) is 25.9. The lowest BCUT2D eigenvalue weighted by atomic mass is 9.84. The molecule has 2 N–H and O–H groups in total. The molecule has 184 valence electrons. The van der Waals surface area contributed by atoms with E-state index < -0.39 is 34.0 Å². The molecule has 3 rings (SSSR count). The second-order valence-electron chi connectivity index (χ2n) is 8.42. The van der Waals surface area contributed by atoms with Gasteiger partial charge in [-0.3, -0.25) is 9.78 Å². The molecule has 0 spiro atoms. The first-order valence-electron chi connectivity index (χ1n) is 10.7. The molecule has 0 aliphatic heterocycles. The second-order valence-corrected chi connectivity index (χ2v) is 10.4. The zero-order chi connectivity index (χ0) is 25.6. The first-order chi connectivity index (χ1) is 16.5. The molecule has 9 nitrogen and oxygen atoms in total. The summed E-state index contributed by atoms with van der Waals surface area (Å²) in [5.74, 6) is -1.77. The quantitative estimate of drug-likeness (QED) is 0.411. The third-order valence-corrected chi connectivity index (χ3v) is 7.24. The number of hydrogen-bond acceptors (Lipinski definition) is 6. The molecule has 0 atom stereocenters. The van der Waals surface area contributed by atoms with Gasteiger partial charge in [-0.25, -0.2) is 13.2 Å². The van der Waals surface area contributed by atoms with Crippen LogP contribution >= 0.6 is 0 Å². The monoisotopic (exact) mass is 498 g/mol. The highest BCUT2D eigenvalue weighted by molar-refractivity contribution is 7.89. The van der Waals surface area contributed by atoms with Gasteiger partial charge in [0, 0.05) is 25.5 Å². The minimum Gasteiger partial charge on any atom is -0.482 e. The summed E-state index contributed by atoms with van der Waals surface area (Å²) in [4.78, 5) is 26.3. The lowest BCUT2D eigenvalue weighted by Crippen LogP contribution is -2.31. The molecule has 0 saturated carbocycles. The molecule has 0 amide bonds. The van der Waals surface area contributed by atoms with E-state index in [1.54, 1.807) is 62.4 Å². The number of hydrogen-bond donors (Lipinski definition) is 2. The maximum atomic E-state index is 13.5. The number of rotatable bonds is 11. The van der Waals surface area contributed by atoms with Gasteiger partial charge in [-0.15, -0.1) is 0 Å². The van der Waals surface area contributed by atoms with Crippen molar-refractivity contribution >= 4 is 22.0 Å². The lowest BCUT2D eigenvalue weighted by molar-refractivity contribution is -0.142. The number of benzene rings is 2. The number of sulfonamides is 1. The van der Waals surface area contributed by atoms with E-state index in [0.717, 1.165) is 0 Å². The van der Waals surface area contributed by atoms with E-state index in [2.05, 4.69) is 4.98 Å². The number of carboxylic acid groups (broad SMARTS) is 2. The number of aliphatic carboxylic acids is 2. The van der Waals surface area contributed by atoms with Crippen molar-refractivity contribution in [2.24, 2.45) is 0 Å². The van der Waals surface area contributed by atoms with Gasteiger partial charge in [-0.05, 0) is 54.8 Å². The average Bonchev–Trinajstić information content (AvgIpc) is 2.83. The summed E-state index contributed by atoms with van der Waals surface area (Å²) in [5.41, 5.74) is 0.777. The van der Waals surface area contributed by atoms with E-state index in [1.165, 1.54) is 28.8 Å². The third-order valence-electron chi connectivity index (χ3n) is 5.46. The molecule has 1 aromatic heterocycles. The number of pyridine rings is 1. The summed E-state index contributed by atoms with van der Waals surface area (Å²) in [6, 6.07) is 16.3. The molecule has 0 radical (unpaired) electrons. The van der Waals surface area contributed by atoms with Crippen LogP contribution in [-0.2, 0) is 38.1 Å². The maximum Gasteiger partial charge on any atom is 0.341 e. The van der Waals surface area contributed by atoms with Crippen molar-refractivity contribution in [2.45, 2.75) is 37.2 Å². The number of nitrogens with zero attached hydrogens (tertiary/aromatic N) is 2. The Kier molecular flexibility index (Phi) is 7.88. The number of carbonyl (C=O) groups is 2. The van der Waals surface area contributed by atoms with Gasteiger partial charge >= 0.3 is 11.9 Å². The van der Waals surface area contributed by atoms with Gasteiger partial charge in [0.1, 0.15) is 10.6 Å². The van der Waals surface area contributed by atoms with Gasteiger partial charge in [0.05, 0.1) is 5.41 Å². The van der Waals surface area contributed by atoms with Gasteiger partial charge < -0.3 is 14.9 Å². The van der Waals surface area contributed by atoms with Crippen LogP contribution in [0.25, 0.3) is 0 Å². The fourth-order valence-corrected chi connectivity index (χ4v) is 4.69. The van der Waals surface area contributed by atoms with E-state index >= 15 is 0 Å². The van der Waals surface area contributed by atoms with Gasteiger partial charge in [-0.1, -0.05) is 36.4 Å². The molecule has 0 bridgehead atoms. The Hall–Kier alpha value is -3.76. The van der Waals surface area contributed by atoms with Gasteiger partial charge in [0.15, 0.2) is 6.61 Å². The molecule has 0 aliphatic rings. The predicted octanol–water partition coefficient (Wildman–Crippen LogP) is 3.30. The van der Waals surface area contributed by atoms with Crippen LogP contribution in [0.3, 0.4) is 0 Å². The first-order valence-corrected chi connectivity index (χ1v) is 12.1. The molecular formula is C25H26N2O7S. The molecule has 3 aromatic rings. The van der Waals surface area contributed by atoms with E-state index in [-0.39, 0.29) is 18.0 Å². The van der Waals surface area contributed by atoms with Crippen LogP contribution in [0.5, 0.6) is 5.75 Å². The smallest absolute Gasteiger partial charge is 0.341 e. The van der Waals surface area contributed by atoms with Crippen LogP contribution in [0, 0.1) is 0 Å². The average molecular weight is 499 g/mol. The van der Waals surface area contributed by atoms with Crippen molar-refractivity contribution in [1.82, 2.24) is 9.29 Å². The molecule has 10 heteroatoms. The molecular weight excluding hydrogens is 472 g/mol. The standard InChI is InChI=1S/C25H26N2O7S/c1-25(2,24(30)31)20-10-8-18(9-11-20)15-27(35(32,33)22-7-4-12-26-14-22)16-19-5-3-6-21(13-19)34-17-23(28)29/h3-14H,15-17H2,1-2H3,(H,28,29)(H,30,31). The Morgan fingerprint density at radius 3 is 2.26 bits per heavy atom. The van der Waals surface area contributed by atoms with Crippen LogP contribution in [0.2, 0.25) is 0 Å². The van der Waals surface area contributed by atoms with Crippen LogP contribution in [0.1, 0.15) is 30.5 Å². The summed E-state index contributed by atoms with van der Waals surface area (Å²) in [5, 5.41) is 18.3. The van der Waals surface area contributed by atoms with Crippen molar-refractivity contribution < 1.29 is 33.0 Å². The summed E-state index contributed by atoms with van der Waals surface area (Å²) < 4.78 is 33.4. The highest BCUT2D eigenvalue weighted by atomic mass is 32.2. The lowest BCUT2D eigenvalue weighted by Gasteiger charge is -2.24. The van der Waals surface area contributed by atoms with Crippen LogP contribution < -0.4 is 4.74 Å². The Morgan fingerprint density at radius 1 is 0.971 bits per heavy atom. The third kappa shape index (κ3) is 6.43. The zero-order valence-electron chi connectivity index (χ0n) is 19.3. The minimum atomic E-state index is -3.95. The predicted molar refractivity (Wildman–Crippen MR) is 127 cm³/mol. The summed E-state index contributed by atoms with van der Waals surface area (Å²) in [6.07, 6.45) is 2.75. The Balaban J connectivity index is 1.92. The normalized spacial score (nSPS) is 11.9. The van der Waals surface area contributed by atoms with Crippen molar-refractivity contribution in [1.29, 1.82) is 0 Å². The van der Waals surface area contributed by atoms with Crippen molar-refractivity contribution in [3.05, 3.63) is 89.7 Å². The van der Waals surface area contributed by atoms with Gasteiger partial charge in [0.2, 0.25) is 10.0 Å². The zero-order valence-corrected chi connectivity index (χ0v) is 20.1. The second kappa shape index (κ2) is 10.7. The van der Waals surface area contributed by atoms with E-state index in [1.807, 2.05) is 0 Å². The molecule has 1 heterocycles. The van der Waals surface area contributed by atoms with Crippen molar-refractivity contribution in [3.8, 4) is 5.75 Å². The minimum absolute atomic E-state index is 0.0101. The molecule has 35 heavy (non-hydrogen) atoms. The highest BCUT2D eigenvalue weighted by Crippen LogP contribution is 2.26. The Bertz CT molecular complexity index is 1290. The van der Waals surface area contributed by atoms with Gasteiger partial charge in [-0.2, -0.15) is 4.31 Å². The SMILES string of the molecule is CC(C)(C(=O)O)c1ccc(CN(Cc2cccc(OCC(=O)O)c2)S(=O)(=O)c2cccnc2)cc1. The molecule has 0 unspecified atom stereocenters. The van der Waals surface area contributed by atoms with E-state index in [0.29, 0.717) is 22.4 Å². The van der Waals surface area contributed by atoms with Crippen molar-refractivity contribution in [2.75, 3.05) is 6.61 Å². The summed E-state index contributed by atoms with van der Waals surface area (Å²) >= 11 is 0. The van der Waals surface area contributed by atoms with Crippen molar-refractivity contribution in [3.63, 3.8) is 0 Å². The summed E-state index contributed by atoms with van der Waals surface area (Å²) in [6.45, 7) is 2.70. The highest BCUT2D eigenvalue weighted by Gasteiger charge is 2.30. The number of aromatic nitrogens is 1. The Labute approximate surface area is 203 Å². The largest absolute Gasteiger partial charge is 0.482 e. The van der Waals surface area contributed by atoms with E-state index in [4.69, 9.17) is 9.84 Å². The van der Waals surface area contributed by atoms with E-state index in [9.17, 15) is 23.1 Å². The number of carboxylic acids is 2. The summed E-state index contributed by atoms with van der Waals surface area (Å²) in [7, 11) is -3.95. The van der Waals surface area contributed by atoms with Crippen LogP contribution in [0.15, 0.2) is 78.0 Å². The number of ether oxygens (including phenoxy) is 1. The van der Waals surface area contributed by atoms with Gasteiger partial charge in [0.25, 0.3) is 0 Å². The molecule has 0 saturated heterocycles. The molecule has 2 aromatic carbocycles. The molecule has 0 aliphatic carbocycles. The fraction of sp³-hybridized carbons (Fsp3) is 0.240. The Morgan fingerprint density at radius 2 is 1.66 bits per heavy atom.